The monoisotopic (exact) mass is 415 g/mol. The molecule has 7 heteroatoms. The van der Waals surface area contributed by atoms with E-state index in [1.807, 2.05) is 18.2 Å². The summed E-state index contributed by atoms with van der Waals surface area (Å²) < 4.78 is 10.7. The van der Waals surface area contributed by atoms with Crippen LogP contribution in [0.2, 0.25) is 0 Å². The number of carbonyl (C=O) groups excluding carboxylic acids is 2. The van der Waals surface area contributed by atoms with E-state index in [1.165, 1.54) is 5.56 Å². The zero-order valence-electron chi connectivity index (χ0n) is 16.8. The molecule has 0 radical (unpaired) electrons. The molecule has 2 heterocycles. The molecule has 0 spiro atoms. The van der Waals surface area contributed by atoms with Gasteiger partial charge in [-0.2, -0.15) is 0 Å². The highest BCUT2D eigenvalue weighted by molar-refractivity contribution is 6.10. The van der Waals surface area contributed by atoms with Gasteiger partial charge < -0.3 is 25.0 Å². The number of hydrogen-bond donors (Lipinski definition) is 2. The molecule has 5 rings (SSSR count). The minimum Gasteiger partial charge on any atom is -0.454 e. The fourth-order valence-corrected chi connectivity index (χ4v) is 3.90. The number of nitrogens with one attached hydrogen (secondary N) is 2. The van der Waals surface area contributed by atoms with Crippen LogP contribution in [0.3, 0.4) is 0 Å². The summed E-state index contributed by atoms with van der Waals surface area (Å²) in [6.45, 7) is 1.21. The summed E-state index contributed by atoms with van der Waals surface area (Å²) in [5, 5.41) is 5.74. The minimum atomic E-state index is -0.318. The van der Waals surface area contributed by atoms with E-state index in [2.05, 4.69) is 21.6 Å². The number of amides is 2. The first-order valence-electron chi connectivity index (χ1n) is 10.1. The van der Waals surface area contributed by atoms with Gasteiger partial charge in [-0.05, 0) is 42.3 Å². The summed E-state index contributed by atoms with van der Waals surface area (Å²) in [6.07, 6.45) is 0.929. The quantitative estimate of drug-likeness (QED) is 0.665. The van der Waals surface area contributed by atoms with E-state index in [0.717, 1.165) is 18.7 Å². The lowest BCUT2D eigenvalue weighted by atomic mass is 10.1. The summed E-state index contributed by atoms with van der Waals surface area (Å²) in [7, 11) is 0. The average molecular weight is 415 g/mol. The molecular weight excluding hydrogens is 394 g/mol. The van der Waals surface area contributed by atoms with Crippen molar-refractivity contribution in [2.75, 3.05) is 35.4 Å². The van der Waals surface area contributed by atoms with Crippen LogP contribution in [0.5, 0.6) is 11.5 Å². The molecule has 2 N–H and O–H groups in total. The molecule has 0 saturated carbocycles. The van der Waals surface area contributed by atoms with Crippen LogP contribution in [-0.4, -0.2) is 31.7 Å². The molecule has 2 aliphatic heterocycles. The fraction of sp³-hybridized carbons (Fsp3) is 0.167. The summed E-state index contributed by atoms with van der Waals surface area (Å²) >= 11 is 0. The van der Waals surface area contributed by atoms with Crippen LogP contribution in [0.15, 0.2) is 66.7 Å². The Morgan fingerprint density at radius 3 is 2.65 bits per heavy atom. The maximum absolute atomic E-state index is 12.9. The fourth-order valence-electron chi connectivity index (χ4n) is 3.90. The first-order valence-corrected chi connectivity index (χ1v) is 10.1. The third kappa shape index (κ3) is 3.90. The van der Waals surface area contributed by atoms with Gasteiger partial charge in [0.25, 0.3) is 5.91 Å². The van der Waals surface area contributed by atoms with Crippen LogP contribution in [0.1, 0.15) is 15.9 Å². The normalized spacial score (nSPS) is 13.6. The van der Waals surface area contributed by atoms with Crippen molar-refractivity contribution in [3.05, 3.63) is 77.9 Å². The summed E-state index contributed by atoms with van der Waals surface area (Å²) in [4.78, 5) is 27.7. The highest BCUT2D eigenvalue weighted by Crippen LogP contribution is 2.34. The number of ether oxygens (including phenoxy) is 2. The van der Waals surface area contributed by atoms with Crippen molar-refractivity contribution < 1.29 is 19.1 Å². The molecule has 0 aliphatic carbocycles. The van der Waals surface area contributed by atoms with Crippen molar-refractivity contribution in [2.45, 2.75) is 6.42 Å². The largest absolute Gasteiger partial charge is 0.454 e. The molecular formula is C24H21N3O4. The molecule has 7 nitrogen and oxygen atoms in total. The molecule has 3 aromatic carbocycles. The Balaban J connectivity index is 1.28. The van der Waals surface area contributed by atoms with Gasteiger partial charge in [0.1, 0.15) is 0 Å². The van der Waals surface area contributed by atoms with Crippen molar-refractivity contribution in [1.82, 2.24) is 0 Å². The number of anilines is 3. The zero-order valence-corrected chi connectivity index (χ0v) is 16.8. The van der Waals surface area contributed by atoms with E-state index in [9.17, 15) is 9.59 Å². The standard InChI is InChI=1S/C24H21N3O4/c28-23(14-27-12-11-16-5-1-4-8-20(16)27)26-19-7-3-2-6-18(19)24(29)25-17-9-10-21-22(13-17)31-15-30-21/h1-10,13H,11-12,14-15H2,(H,25,29)(H,26,28). The maximum atomic E-state index is 12.9. The average Bonchev–Trinajstić information content (AvgIpc) is 3.41. The van der Waals surface area contributed by atoms with Gasteiger partial charge in [-0.3, -0.25) is 9.59 Å². The van der Waals surface area contributed by atoms with E-state index in [1.54, 1.807) is 42.5 Å². The molecule has 31 heavy (non-hydrogen) atoms. The summed E-state index contributed by atoms with van der Waals surface area (Å²) in [6, 6.07) is 20.3. The summed E-state index contributed by atoms with van der Waals surface area (Å²) in [5.41, 5.74) is 3.78. The minimum absolute atomic E-state index is 0.167. The number of para-hydroxylation sites is 2. The topological polar surface area (TPSA) is 79.9 Å². The molecule has 0 saturated heterocycles. The SMILES string of the molecule is O=C(CN1CCc2ccccc21)Nc1ccccc1C(=O)Nc1ccc2c(c1)OCO2. The van der Waals surface area contributed by atoms with E-state index in [4.69, 9.17) is 9.47 Å². The second kappa shape index (κ2) is 8.02. The van der Waals surface area contributed by atoms with Crippen LogP contribution >= 0.6 is 0 Å². The third-order valence-electron chi connectivity index (χ3n) is 5.39. The Labute approximate surface area is 179 Å². The predicted octanol–water partition coefficient (Wildman–Crippen LogP) is 3.67. The molecule has 0 unspecified atom stereocenters. The highest BCUT2D eigenvalue weighted by atomic mass is 16.7. The van der Waals surface area contributed by atoms with Crippen LogP contribution in [0, 0.1) is 0 Å². The predicted molar refractivity (Wildman–Crippen MR) is 118 cm³/mol. The van der Waals surface area contributed by atoms with Gasteiger partial charge in [0.2, 0.25) is 12.7 Å². The molecule has 0 atom stereocenters. The van der Waals surface area contributed by atoms with Gasteiger partial charge in [0, 0.05) is 24.0 Å². The van der Waals surface area contributed by atoms with Gasteiger partial charge >= 0.3 is 0 Å². The highest BCUT2D eigenvalue weighted by Gasteiger charge is 2.22. The zero-order chi connectivity index (χ0) is 21.2. The molecule has 0 bridgehead atoms. The van der Waals surface area contributed by atoms with Crippen LogP contribution in [0.25, 0.3) is 0 Å². The Bertz CT molecular complexity index is 1160. The van der Waals surface area contributed by atoms with Crippen LogP contribution in [0.4, 0.5) is 17.1 Å². The summed E-state index contributed by atoms with van der Waals surface area (Å²) in [5.74, 6) is 0.751. The number of carbonyl (C=O) groups is 2. The van der Waals surface area contributed by atoms with Gasteiger partial charge in [0.15, 0.2) is 11.5 Å². The third-order valence-corrected chi connectivity index (χ3v) is 5.39. The molecule has 156 valence electrons. The van der Waals surface area contributed by atoms with Gasteiger partial charge in [-0.15, -0.1) is 0 Å². The molecule has 2 aliphatic rings. The van der Waals surface area contributed by atoms with Crippen molar-refractivity contribution in [1.29, 1.82) is 0 Å². The van der Waals surface area contributed by atoms with Crippen molar-refractivity contribution in [3.8, 4) is 11.5 Å². The first kappa shape index (κ1) is 19.0. The van der Waals surface area contributed by atoms with Gasteiger partial charge in [-0.25, -0.2) is 0 Å². The Kier molecular flexibility index (Phi) is 4.92. The second-order valence-electron chi connectivity index (χ2n) is 7.42. The Morgan fingerprint density at radius 1 is 0.903 bits per heavy atom. The van der Waals surface area contributed by atoms with Gasteiger partial charge in [0.05, 0.1) is 17.8 Å². The maximum Gasteiger partial charge on any atom is 0.257 e. The lowest BCUT2D eigenvalue weighted by Crippen LogP contribution is -2.32. The molecule has 2 amide bonds. The van der Waals surface area contributed by atoms with Gasteiger partial charge in [-0.1, -0.05) is 30.3 Å². The number of nitrogens with zero attached hydrogens (tertiary/aromatic N) is 1. The van der Waals surface area contributed by atoms with E-state index in [0.29, 0.717) is 28.4 Å². The molecule has 0 fully saturated rings. The lowest BCUT2D eigenvalue weighted by Gasteiger charge is -2.19. The smallest absolute Gasteiger partial charge is 0.257 e. The van der Waals surface area contributed by atoms with Crippen LogP contribution in [-0.2, 0) is 11.2 Å². The first-order chi connectivity index (χ1) is 15.2. The number of benzene rings is 3. The lowest BCUT2D eigenvalue weighted by molar-refractivity contribution is -0.115. The van der Waals surface area contributed by atoms with Crippen molar-refractivity contribution >= 4 is 28.9 Å². The second-order valence-corrected chi connectivity index (χ2v) is 7.42. The van der Waals surface area contributed by atoms with Crippen molar-refractivity contribution in [3.63, 3.8) is 0 Å². The van der Waals surface area contributed by atoms with E-state index >= 15 is 0 Å². The number of hydrogen-bond acceptors (Lipinski definition) is 5. The van der Waals surface area contributed by atoms with Crippen molar-refractivity contribution in [2.24, 2.45) is 0 Å². The van der Waals surface area contributed by atoms with Crippen LogP contribution < -0.4 is 25.0 Å². The molecule has 3 aromatic rings. The Morgan fingerprint density at radius 2 is 1.71 bits per heavy atom. The number of fused-ring (bicyclic) bond motifs is 2. The van der Waals surface area contributed by atoms with E-state index in [-0.39, 0.29) is 25.2 Å². The molecule has 0 aromatic heterocycles. The number of rotatable bonds is 5. The van der Waals surface area contributed by atoms with E-state index < -0.39 is 0 Å². The Hall–Kier alpha value is -4.00.